The van der Waals surface area contributed by atoms with Gasteiger partial charge in [0, 0.05) is 61.8 Å². The van der Waals surface area contributed by atoms with Gasteiger partial charge < -0.3 is 19.0 Å². The van der Waals surface area contributed by atoms with Crippen LogP contribution in [0.2, 0.25) is 0 Å². The highest BCUT2D eigenvalue weighted by atomic mass is 16.5. The Morgan fingerprint density at radius 1 is 0.591 bits per heavy atom. The number of hydrogen-bond acceptors (Lipinski definition) is 5. The molecule has 0 amide bonds. The standard InChI is InChI=1S/C31H34N2O2.C27H26N2O2/c1-2-3-18-35-31(34)28-21-27(25-12-13-25)22-32-29(28)20-24-11-14-30-26(19-24)15-17-33(30)16-7-10-23-8-5-4-6-9-23;30-27(31)24-17-23(21-9-10-21)18-28-25(24)16-20-8-11-26-22(15-20)12-14-29(26)13-4-7-19-5-2-1-3-6-19/h4-6,8-9,11,14-15,17,19,21-22,25H,2-3,7,10,12-13,16,18,20H2,1H3;1-3,5-6,8,11-12,14-15,17-18,21H,4,7,9-10,13,16H2,(H,30,31). The van der Waals surface area contributed by atoms with Gasteiger partial charge in [-0.15, -0.1) is 0 Å². The normalized spacial score (nSPS) is 13.4. The SMILES string of the molecule is CCCCOC(=O)c1cc(C2CC2)cnc1Cc1ccc2c(ccn2CCCc2ccccc2)c1.O=C(O)c1cc(C2CC2)cnc1Cc1ccc2c(ccn2CCCc2ccccc2)c1. The summed E-state index contributed by atoms with van der Waals surface area (Å²) in [5.41, 5.74) is 12.1. The van der Waals surface area contributed by atoms with Gasteiger partial charge in [0.1, 0.15) is 0 Å². The molecule has 4 aromatic carbocycles. The van der Waals surface area contributed by atoms with E-state index in [-0.39, 0.29) is 5.97 Å². The van der Waals surface area contributed by atoms with Gasteiger partial charge in [-0.2, -0.15) is 0 Å². The van der Waals surface area contributed by atoms with Crippen LogP contribution < -0.4 is 0 Å². The van der Waals surface area contributed by atoms with Gasteiger partial charge in [0.25, 0.3) is 0 Å². The summed E-state index contributed by atoms with van der Waals surface area (Å²) in [5.74, 6) is -0.0841. The van der Waals surface area contributed by atoms with Crippen molar-refractivity contribution >= 4 is 33.7 Å². The Hall–Kier alpha value is -6.80. The van der Waals surface area contributed by atoms with Crippen LogP contribution in [-0.2, 0) is 43.5 Å². The van der Waals surface area contributed by atoms with E-state index >= 15 is 0 Å². The maximum atomic E-state index is 12.9. The molecule has 2 saturated carbocycles. The number of carbonyl (C=O) groups excluding carboxylic acids is 1. The van der Waals surface area contributed by atoms with Crippen molar-refractivity contribution in [2.24, 2.45) is 0 Å². The van der Waals surface area contributed by atoms with Gasteiger partial charge in [-0.25, -0.2) is 9.59 Å². The topological polar surface area (TPSA) is 99.2 Å². The molecule has 8 heteroatoms. The molecular formula is C58H60N4O4. The summed E-state index contributed by atoms with van der Waals surface area (Å²) in [7, 11) is 0. The minimum absolute atomic E-state index is 0.242. The van der Waals surface area contributed by atoms with Gasteiger partial charge in [0.2, 0.25) is 0 Å². The molecule has 10 rings (SSSR count). The van der Waals surface area contributed by atoms with Gasteiger partial charge in [0.05, 0.1) is 29.1 Å². The Labute approximate surface area is 388 Å². The number of hydrogen-bond donors (Lipinski definition) is 1. The number of fused-ring (bicyclic) bond motifs is 2. The molecule has 4 heterocycles. The van der Waals surface area contributed by atoms with Crippen LogP contribution >= 0.6 is 0 Å². The van der Waals surface area contributed by atoms with Crippen molar-refractivity contribution in [2.45, 2.75) is 109 Å². The quantitative estimate of drug-likeness (QED) is 0.0642. The number of unbranched alkanes of at least 4 members (excludes halogenated alkanes) is 1. The third-order valence-corrected chi connectivity index (χ3v) is 13.1. The fourth-order valence-electron chi connectivity index (χ4n) is 9.02. The molecule has 0 aliphatic heterocycles. The average molecular weight is 877 g/mol. The molecule has 0 bridgehead atoms. The fraction of sp³-hybridized carbons (Fsp3) is 0.310. The molecule has 0 atom stereocenters. The summed E-state index contributed by atoms with van der Waals surface area (Å²) >= 11 is 0. The minimum atomic E-state index is -0.893. The zero-order chi connectivity index (χ0) is 45.2. The van der Waals surface area contributed by atoms with Gasteiger partial charge in [-0.1, -0.05) is 86.1 Å². The van der Waals surface area contributed by atoms with E-state index in [0.29, 0.717) is 48.1 Å². The lowest BCUT2D eigenvalue weighted by Gasteiger charge is -2.11. The molecule has 0 saturated heterocycles. The first-order valence-corrected chi connectivity index (χ1v) is 24.0. The zero-order valence-electron chi connectivity index (χ0n) is 38.1. The predicted molar refractivity (Wildman–Crippen MR) is 264 cm³/mol. The Kier molecular flexibility index (Phi) is 14.1. The molecular weight excluding hydrogens is 817 g/mol. The number of rotatable bonds is 19. The van der Waals surface area contributed by atoms with Crippen molar-refractivity contribution in [1.82, 2.24) is 19.1 Å². The molecule has 2 aliphatic rings. The summed E-state index contributed by atoms with van der Waals surface area (Å²) < 4.78 is 10.2. The van der Waals surface area contributed by atoms with E-state index in [2.05, 4.69) is 143 Å². The highest BCUT2D eigenvalue weighted by Crippen LogP contribution is 2.41. The van der Waals surface area contributed by atoms with Gasteiger partial charge in [-0.05, 0) is 162 Å². The number of nitrogens with zero attached hydrogens (tertiary/aromatic N) is 4. The number of esters is 1. The summed E-state index contributed by atoms with van der Waals surface area (Å²) in [6.45, 7) is 4.54. The van der Waals surface area contributed by atoms with Crippen LogP contribution in [0.1, 0.15) is 136 Å². The first kappa shape index (κ1) is 44.4. The second kappa shape index (κ2) is 21.0. The molecule has 66 heavy (non-hydrogen) atoms. The third-order valence-electron chi connectivity index (χ3n) is 13.1. The number of carboxylic acids is 1. The molecule has 8 aromatic rings. The maximum absolute atomic E-state index is 12.9. The Bertz CT molecular complexity index is 2910. The number of aryl methyl sites for hydroxylation is 4. The van der Waals surface area contributed by atoms with Crippen molar-refractivity contribution in [3.8, 4) is 0 Å². The molecule has 2 aliphatic carbocycles. The van der Waals surface area contributed by atoms with Gasteiger partial charge >= 0.3 is 11.9 Å². The molecule has 4 aromatic heterocycles. The largest absolute Gasteiger partial charge is 0.478 e. The summed E-state index contributed by atoms with van der Waals surface area (Å²) in [5, 5.41) is 12.1. The number of carbonyl (C=O) groups is 2. The number of aromatic nitrogens is 4. The number of benzene rings is 4. The van der Waals surface area contributed by atoms with E-state index in [1.807, 2.05) is 24.5 Å². The lowest BCUT2D eigenvalue weighted by molar-refractivity contribution is 0.0497. The molecule has 0 unspecified atom stereocenters. The van der Waals surface area contributed by atoms with E-state index < -0.39 is 5.97 Å². The van der Waals surface area contributed by atoms with Crippen LogP contribution in [0.15, 0.2) is 146 Å². The van der Waals surface area contributed by atoms with Crippen LogP contribution in [0.4, 0.5) is 0 Å². The van der Waals surface area contributed by atoms with E-state index in [4.69, 9.17) is 9.72 Å². The van der Waals surface area contributed by atoms with E-state index in [0.717, 1.165) is 86.8 Å². The third kappa shape index (κ3) is 11.3. The average Bonchev–Trinajstić information content (AvgIpc) is 4.29. The Morgan fingerprint density at radius 2 is 1.08 bits per heavy atom. The second-order valence-corrected chi connectivity index (χ2v) is 18.2. The molecule has 1 N–H and O–H groups in total. The monoisotopic (exact) mass is 876 g/mol. The fourth-order valence-corrected chi connectivity index (χ4v) is 9.02. The van der Waals surface area contributed by atoms with Crippen LogP contribution in [-0.4, -0.2) is 42.8 Å². The molecule has 0 spiro atoms. The minimum Gasteiger partial charge on any atom is -0.478 e. The van der Waals surface area contributed by atoms with Crippen molar-refractivity contribution in [1.29, 1.82) is 0 Å². The Balaban J connectivity index is 0.000000167. The van der Waals surface area contributed by atoms with Gasteiger partial charge in [0.15, 0.2) is 0 Å². The summed E-state index contributed by atoms with van der Waals surface area (Å²) in [6.07, 6.45) is 20.2. The maximum Gasteiger partial charge on any atom is 0.340 e. The molecule has 0 radical (unpaired) electrons. The van der Waals surface area contributed by atoms with Crippen molar-refractivity contribution in [3.63, 3.8) is 0 Å². The number of pyridine rings is 2. The highest BCUT2D eigenvalue weighted by molar-refractivity contribution is 5.91. The first-order chi connectivity index (χ1) is 32.4. The molecule has 8 nitrogen and oxygen atoms in total. The van der Waals surface area contributed by atoms with Crippen molar-refractivity contribution in [3.05, 3.63) is 202 Å². The number of aromatic carboxylic acids is 1. The zero-order valence-corrected chi connectivity index (χ0v) is 38.1. The van der Waals surface area contributed by atoms with Gasteiger partial charge in [-0.3, -0.25) is 9.97 Å². The predicted octanol–water partition coefficient (Wildman–Crippen LogP) is 12.9. The van der Waals surface area contributed by atoms with Crippen molar-refractivity contribution in [2.75, 3.05) is 6.61 Å². The second-order valence-electron chi connectivity index (χ2n) is 18.2. The smallest absolute Gasteiger partial charge is 0.340 e. The van der Waals surface area contributed by atoms with Crippen LogP contribution in [0, 0.1) is 0 Å². The molecule has 336 valence electrons. The van der Waals surface area contributed by atoms with E-state index in [1.54, 1.807) is 0 Å². The Morgan fingerprint density at radius 3 is 1.55 bits per heavy atom. The van der Waals surface area contributed by atoms with Crippen LogP contribution in [0.25, 0.3) is 21.8 Å². The van der Waals surface area contributed by atoms with Crippen molar-refractivity contribution < 1.29 is 19.4 Å². The van der Waals surface area contributed by atoms with E-state index in [9.17, 15) is 14.7 Å². The number of carboxylic acid groups (broad SMARTS) is 1. The summed E-state index contributed by atoms with van der Waals surface area (Å²) in [6, 6.07) is 42.4. The summed E-state index contributed by atoms with van der Waals surface area (Å²) in [4.78, 5) is 33.9. The van der Waals surface area contributed by atoms with E-state index in [1.165, 1.54) is 51.3 Å². The lowest BCUT2D eigenvalue weighted by Crippen LogP contribution is -2.12. The first-order valence-electron chi connectivity index (χ1n) is 24.0. The lowest BCUT2D eigenvalue weighted by atomic mass is 10.0. The van der Waals surface area contributed by atoms with Crippen LogP contribution in [0.3, 0.4) is 0 Å². The van der Waals surface area contributed by atoms with Crippen LogP contribution in [0.5, 0.6) is 0 Å². The molecule has 2 fully saturated rings. The number of ether oxygens (including phenoxy) is 1. The highest BCUT2D eigenvalue weighted by Gasteiger charge is 2.27.